The van der Waals surface area contributed by atoms with Crippen molar-refractivity contribution in [2.24, 2.45) is 0 Å². The molecule has 9 heteroatoms. The quantitative estimate of drug-likeness (QED) is 0.679. The first-order valence-corrected chi connectivity index (χ1v) is 7.41. The zero-order valence-electron chi connectivity index (χ0n) is 13.2. The highest BCUT2D eigenvalue weighted by molar-refractivity contribution is 5.97. The standard InChI is InChI=1S/C17H12FN5O3/c18-12-3-5-13(6-4-12)23-15(24)8-7-14(22-23)17(26)21-20-16(25)11-2-1-9-19-10-11/h1-10H,(H,20,25)(H,21,26). The van der Waals surface area contributed by atoms with Crippen molar-refractivity contribution in [2.45, 2.75) is 0 Å². The Kier molecular flexibility index (Phi) is 4.79. The van der Waals surface area contributed by atoms with Gasteiger partial charge in [-0.3, -0.25) is 30.2 Å². The molecule has 8 nitrogen and oxygen atoms in total. The van der Waals surface area contributed by atoms with E-state index < -0.39 is 23.2 Å². The number of nitrogens with one attached hydrogen (secondary N) is 2. The van der Waals surface area contributed by atoms with Crippen LogP contribution in [0.3, 0.4) is 0 Å². The minimum Gasteiger partial charge on any atom is -0.267 e. The van der Waals surface area contributed by atoms with E-state index in [2.05, 4.69) is 20.9 Å². The topological polar surface area (TPSA) is 106 Å². The van der Waals surface area contributed by atoms with Crippen molar-refractivity contribution in [1.82, 2.24) is 25.6 Å². The SMILES string of the molecule is O=C(NNC(=O)c1ccc(=O)n(-c2ccc(F)cc2)n1)c1cccnc1. The number of benzene rings is 1. The molecule has 0 spiro atoms. The molecule has 2 heterocycles. The van der Waals surface area contributed by atoms with Crippen molar-refractivity contribution < 1.29 is 14.0 Å². The van der Waals surface area contributed by atoms with Crippen molar-refractivity contribution in [3.63, 3.8) is 0 Å². The average molecular weight is 353 g/mol. The summed E-state index contributed by atoms with van der Waals surface area (Å²) in [5.74, 6) is -1.75. The van der Waals surface area contributed by atoms with Crippen LogP contribution in [0, 0.1) is 5.82 Å². The van der Waals surface area contributed by atoms with Crippen molar-refractivity contribution in [1.29, 1.82) is 0 Å². The van der Waals surface area contributed by atoms with E-state index in [1.807, 2.05) is 0 Å². The van der Waals surface area contributed by atoms with Gasteiger partial charge in [0.05, 0.1) is 11.3 Å². The van der Waals surface area contributed by atoms with Crippen LogP contribution in [0.1, 0.15) is 20.8 Å². The highest BCUT2D eigenvalue weighted by Crippen LogP contribution is 2.05. The summed E-state index contributed by atoms with van der Waals surface area (Å²) < 4.78 is 14.0. The van der Waals surface area contributed by atoms with Gasteiger partial charge >= 0.3 is 0 Å². The molecule has 0 aliphatic heterocycles. The Bertz CT molecular complexity index is 1000. The summed E-state index contributed by atoms with van der Waals surface area (Å²) in [4.78, 5) is 39.8. The van der Waals surface area contributed by atoms with Gasteiger partial charge < -0.3 is 0 Å². The van der Waals surface area contributed by atoms with Crippen LogP contribution in [0.2, 0.25) is 0 Å². The van der Waals surface area contributed by atoms with Crippen LogP contribution >= 0.6 is 0 Å². The molecule has 0 saturated carbocycles. The van der Waals surface area contributed by atoms with Crippen LogP contribution in [-0.2, 0) is 0 Å². The molecule has 0 aliphatic rings. The third-order valence-corrected chi connectivity index (χ3v) is 3.32. The first kappa shape index (κ1) is 17.0. The Morgan fingerprint density at radius 2 is 1.69 bits per heavy atom. The van der Waals surface area contributed by atoms with Crippen molar-refractivity contribution in [2.75, 3.05) is 0 Å². The van der Waals surface area contributed by atoms with E-state index in [9.17, 15) is 18.8 Å². The number of hydrazine groups is 1. The lowest BCUT2D eigenvalue weighted by atomic mass is 10.3. The largest absolute Gasteiger partial charge is 0.290 e. The van der Waals surface area contributed by atoms with E-state index in [4.69, 9.17) is 0 Å². The van der Waals surface area contributed by atoms with Gasteiger partial charge in [-0.1, -0.05) is 0 Å². The second kappa shape index (κ2) is 7.34. The lowest BCUT2D eigenvalue weighted by Gasteiger charge is -2.09. The van der Waals surface area contributed by atoms with Crippen LogP contribution in [-0.4, -0.2) is 26.6 Å². The number of amides is 2. The number of hydrogen-bond acceptors (Lipinski definition) is 5. The number of hydrogen-bond donors (Lipinski definition) is 2. The maximum atomic E-state index is 13.0. The first-order chi connectivity index (χ1) is 12.5. The number of aromatic nitrogens is 3. The molecule has 3 aromatic rings. The molecule has 0 aliphatic carbocycles. The molecule has 26 heavy (non-hydrogen) atoms. The second-order valence-corrected chi connectivity index (χ2v) is 5.09. The maximum absolute atomic E-state index is 13.0. The van der Waals surface area contributed by atoms with Crippen molar-refractivity contribution >= 4 is 11.8 Å². The fourth-order valence-electron chi connectivity index (χ4n) is 2.05. The van der Waals surface area contributed by atoms with Gasteiger partial charge in [-0.25, -0.2) is 4.39 Å². The van der Waals surface area contributed by atoms with E-state index in [1.54, 1.807) is 6.07 Å². The highest BCUT2D eigenvalue weighted by Gasteiger charge is 2.12. The summed E-state index contributed by atoms with van der Waals surface area (Å²) in [7, 11) is 0. The third-order valence-electron chi connectivity index (χ3n) is 3.32. The number of halogens is 1. The van der Waals surface area contributed by atoms with E-state index in [0.29, 0.717) is 5.69 Å². The van der Waals surface area contributed by atoms with Gasteiger partial charge in [-0.15, -0.1) is 0 Å². The minimum absolute atomic E-state index is 0.111. The molecule has 1 aromatic carbocycles. The van der Waals surface area contributed by atoms with E-state index >= 15 is 0 Å². The van der Waals surface area contributed by atoms with E-state index in [-0.39, 0.29) is 11.3 Å². The van der Waals surface area contributed by atoms with Gasteiger partial charge in [0.15, 0.2) is 5.69 Å². The summed E-state index contributed by atoms with van der Waals surface area (Å²) in [6.45, 7) is 0. The number of carbonyl (C=O) groups excluding carboxylic acids is 2. The normalized spacial score (nSPS) is 10.2. The lowest BCUT2D eigenvalue weighted by molar-refractivity contribution is 0.0842. The van der Waals surface area contributed by atoms with Crippen LogP contribution < -0.4 is 16.4 Å². The van der Waals surface area contributed by atoms with Crippen molar-refractivity contribution in [3.8, 4) is 5.69 Å². The molecule has 0 saturated heterocycles. The Morgan fingerprint density at radius 1 is 0.962 bits per heavy atom. The van der Waals surface area contributed by atoms with Crippen LogP contribution in [0.5, 0.6) is 0 Å². The van der Waals surface area contributed by atoms with Crippen LogP contribution in [0.15, 0.2) is 65.7 Å². The monoisotopic (exact) mass is 353 g/mol. The zero-order chi connectivity index (χ0) is 18.5. The Balaban J connectivity index is 1.76. The van der Waals surface area contributed by atoms with Gasteiger partial charge in [0, 0.05) is 18.5 Å². The van der Waals surface area contributed by atoms with Gasteiger partial charge in [-0.2, -0.15) is 9.78 Å². The summed E-state index contributed by atoms with van der Waals surface area (Å²) in [5, 5.41) is 3.93. The third kappa shape index (κ3) is 3.78. The first-order valence-electron chi connectivity index (χ1n) is 7.41. The Morgan fingerprint density at radius 3 is 2.38 bits per heavy atom. The molecule has 2 N–H and O–H groups in total. The maximum Gasteiger partial charge on any atom is 0.290 e. The molecule has 0 radical (unpaired) electrons. The number of pyridine rings is 1. The Hall–Kier alpha value is -3.88. The Labute approximate surface area is 146 Å². The highest BCUT2D eigenvalue weighted by atomic mass is 19.1. The average Bonchev–Trinajstić information content (AvgIpc) is 2.67. The summed E-state index contributed by atoms with van der Waals surface area (Å²) in [6.07, 6.45) is 2.85. The van der Waals surface area contributed by atoms with Crippen LogP contribution in [0.4, 0.5) is 4.39 Å². The zero-order valence-corrected chi connectivity index (χ0v) is 13.2. The molecule has 2 aromatic heterocycles. The summed E-state index contributed by atoms with van der Waals surface area (Å²) >= 11 is 0. The van der Waals surface area contributed by atoms with Gasteiger partial charge in [-0.05, 0) is 42.5 Å². The minimum atomic E-state index is -0.724. The molecule has 0 fully saturated rings. The van der Waals surface area contributed by atoms with Crippen LogP contribution in [0.25, 0.3) is 5.69 Å². The molecule has 3 rings (SSSR count). The molecular weight excluding hydrogens is 341 g/mol. The molecule has 0 bridgehead atoms. The fraction of sp³-hybridized carbons (Fsp3) is 0. The predicted octanol–water partition coefficient (Wildman–Crippen LogP) is 0.841. The second-order valence-electron chi connectivity index (χ2n) is 5.09. The molecule has 0 atom stereocenters. The van der Waals surface area contributed by atoms with Gasteiger partial charge in [0.25, 0.3) is 17.4 Å². The number of rotatable bonds is 3. The number of nitrogens with zero attached hydrogens (tertiary/aromatic N) is 3. The lowest BCUT2D eigenvalue weighted by Crippen LogP contribution is -2.42. The molecule has 2 amide bonds. The van der Waals surface area contributed by atoms with Gasteiger partial charge in [0.2, 0.25) is 0 Å². The molecule has 130 valence electrons. The van der Waals surface area contributed by atoms with E-state index in [0.717, 1.165) is 10.7 Å². The van der Waals surface area contributed by atoms with Crippen molar-refractivity contribution in [3.05, 3.63) is 88.4 Å². The molecule has 0 unspecified atom stereocenters. The van der Waals surface area contributed by atoms with E-state index in [1.165, 1.54) is 48.8 Å². The molecular formula is C17H12FN5O3. The smallest absolute Gasteiger partial charge is 0.267 e. The number of carbonyl (C=O) groups is 2. The van der Waals surface area contributed by atoms with Gasteiger partial charge in [0.1, 0.15) is 5.82 Å². The summed E-state index contributed by atoms with van der Waals surface area (Å²) in [6, 6.07) is 10.5. The predicted molar refractivity (Wildman–Crippen MR) is 89.0 cm³/mol. The fourth-order valence-corrected chi connectivity index (χ4v) is 2.05. The summed E-state index contributed by atoms with van der Waals surface area (Å²) in [5.41, 5.74) is 4.38.